The first-order valence-corrected chi connectivity index (χ1v) is 6.60. The summed E-state index contributed by atoms with van der Waals surface area (Å²) < 4.78 is 5.95. The average Bonchev–Trinajstić information content (AvgIpc) is 2.55. The first kappa shape index (κ1) is 14.5. The van der Waals surface area contributed by atoms with Gasteiger partial charge in [0.1, 0.15) is 11.3 Å². The first-order valence-electron chi connectivity index (χ1n) is 6.60. The van der Waals surface area contributed by atoms with Crippen LogP contribution in [-0.4, -0.2) is 21.6 Å². The van der Waals surface area contributed by atoms with Crippen LogP contribution >= 0.6 is 0 Å². The summed E-state index contributed by atoms with van der Waals surface area (Å²) in [6.07, 6.45) is 0. The van der Waals surface area contributed by atoms with E-state index in [9.17, 15) is 19.7 Å². The number of rotatable bonds is 3. The number of aromatic amines is 1. The van der Waals surface area contributed by atoms with Crippen LogP contribution in [0.4, 0.5) is 5.69 Å². The molecule has 23 heavy (non-hydrogen) atoms. The number of nitrogens with one attached hydrogen (secondary N) is 1. The molecule has 0 aliphatic heterocycles. The quantitative estimate of drug-likeness (QED) is 0.583. The molecule has 3 rings (SSSR count). The molecule has 0 spiro atoms. The molecule has 3 aromatic rings. The predicted molar refractivity (Wildman–Crippen MR) is 83.4 cm³/mol. The van der Waals surface area contributed by atoms with E-state index >= 15 is 0 Å². The van der Waals surface area contributed by atoms with Gasteiger partial charge in [-0.3, -0.25) is 14.9 Å². The number of fused-ring (bicyclic) bond motifs is 1. The molecule has 8 nitrogen and oxygen atoms in total. The third-order valence-electron chi connectivity index (χ3n) is 3.44. The zero-order valence-electron chi connectivity index (χ0n) is 12.0. The van der Waals surface area contributed by atoms with E-state index < -0.39 is 16.2 Å². The fourth-order valence-corrected chi connectivity index (χ4v) is 2.34. The van der Waals surface area contributed by atoms with Gasteiger partial charge in [-0.15, -0.1) is 0 Å². The number of ether oxygens (including phenoxy) is 1. The molecular weight excluding hydrogens is 302 g/mol. The van der Waals surface area contributed by atoms with Gasteiger partial charge in [0.2, 0.25) is 0 Å². The second kappa shape index (κ2) is 5.41. The van der Waals surface area contributed by atoms with E-state index in [1.54, 1.807) is 24.3 Å². The van der Waals surface area contributed by atoms with Crippen LogP contribution in [0.15, 0.2) is 52.1 Å². The van der Waals surface area contributed by atoms with Crippen LogP contribution in [0.25, 0.3) is 16.6 Å². The summed E-state index contributed by atoms with van der Waals surface area (Å²) in [6, 6.07) is 10.4. The minimum atomic E-state index is -0.748. The van der Waals surface area contributed by atoms with Gasteiger partial charge in [0.25, 0.3) is 11.2 Å². The van der Waals surface area contributed by atoms with Crippen molar-refractivity contribution in [1.29, 1.82) is 0 Å². The largest absolute Gasteiger partial charge is 0.497 e. The molecule has 1 heterocycles. The van der Waals surface area contributed by atoms with Crippen LogP contribution in [0.1, 0.15) is 0 Å². The van der Waals surface area contributed by atoms with Crippen LogP contribution in [0.5, 0.6) is 5.75 Å². The standard InChI is InChI=1S/C15H11N3O5/c1-23-10-7-5-9(6-8-10)17-14(19)11-3-2-4-12(18(21)22)13(11)16-15(17)20/h2-8H,1H3,(H,16,20). The number of H-pyrrole nitrogens is 1. The van der Waals surface area contributed by atoms with Crippen molar-refractivity contribution in [3.63, 3.8) is 0 Å². The van der Waals surface area contributed by atoms with Crippen molar-refractivity contribution in [2.45, 2.75) is 0 Å². The van der Waals surface area contributed by atoms with Gasteiger partial charge in [-0.2, -0.15) is 0 Å². The predicted octanol–water partition coefficient (Wildman–Crippen LogP) is 1.60. The molecule has 116 valence electrons. The molecule has 8 heteroatoms. The molecule has 0 saturated heterocycles. The van der Waals surface area contributed by atoms with Gasteiger partial charge >= 0.3 is 5.69 Å². The minimum absolute atomic E-state index is 0.0645. The number of nitro groups is 1. The van der Waals surface area contributed by atoms with Crippen LogP contribution < -0.4 is 16.0 Å². The maximum atomic E-state index is 12.6. The zero-order valence-corrected chi connectivity index (χ0v) is 12.0. The number of aromatic nitrogens is 2. The normalized spacial score (nSPS) is 10.7. The van der Waals surface area contributed by atoms with Gasteiger partial charge in [-0.05, 0) is 30.3 Å². The lowest BCUT2D eigenvalue weighted by molar-refractivity contribution is -0.383. The van der Waals surface area contributed by atoms with Crippen LogP contribution in [0.2, 0.25) is 0 Å². The van der Waals surface area contributed by atoms with Crippen molar-refractivity contribution in [2.75, 3.05) is 7.11 Å². The van der Waals surface area contributed by atoms with E-state index in [0.717, 1.165) is 4.57 Å². The molecule has 1 aromatic heterocycles. The molecule has 0 unspecified atom stereocenters. The molecular formula is C15H11N3O5. The van der Waals surface area contributed by atoms with Crippen molar-refractivity contribution < 1.29 is 9.66 Å². The van der Waals surface area contributed by atoms with E-state index in [1.807, 2.05) is 0 Å². The Bertz CT molecular complexity index is 1020. The van der Waals surface area contributed by atoms with Gasteiger partial charge in [0.15, 0.2) is 0 Å². The summed E-state index contributed by atoms with van der Waals surface area (Å²) in [7, 11) is 1.50. The number of hydrogen-bond donors (Lipinski definition) is 1. The lowest BCUT2D eigenvalue weighted by Gasteiger charge is -2.07. The van der Waals surface area contributed by atoms with Gasteiger partial charge < -0.3 is 9.72 Å². The Morgan fingerprint density at radius 1 is 1.13 bits per heavy atom. The van der Waals surface area contributed by atoms with Crippen LogP contribution in [-0.2, 0) is 0 Å². The Hall–Kier alpha value is -3.42. The van der Waals surface area contributed by atoms with E-state index in [2.05, 4.69) is 4.98 Å². The summed E-state index contributed by atoms with van der Waals surface area (Å²) in [5, 5.41) is 11.1. The average molecular weight is 313 g/mol. The fourth-order valence-electron chi connectivity index (χ4n) is 2.34. The molecule has 0 amide bonds. The summed E-state index contributed by atoms with van der Waals surface area (Å²) in [5.74, 6) is 0.578. The highest BCUT2D eigenvalue weighted by molar-refractivity contribution is 5.86. The molecule has 0 aliphatic carbocycles. The number of nitro benzene ring substituents is 1. The highest BCUT2D eigenvalue weighted by Gasteiger charge is 2.17. The first-order chi connectivity index (χ1) is 11.0. The maximum Gasteiger partial charge on any atom is 0.333 e. The van der Waals surface area contributed by atoms with Crippen LogP contribution in [0, 0.1) is 10.1 Å². The molecule has 0 saturated carbocycles. The zero-order chi connectivity index (χ0) is 16.6. The fraction of sp³-hybridized carbons (Fsp3) is 0.0667. The monoisotopic (exact) mass is 313 g/mol. The van der Waals surface area contributed by atoms with Crippen molar-refractivity contribution in [1.82, 2.24) is 9.55 Å². The Labute approximate surface area is 128 Å². The topological polar surface area (TPSA) is 107 Å². The smallest absolute Gasteiger partial charge is 0.333 e. The SMILES string of the molecule is COc1ccc(-n2c(=O)[nH]c3c([N+](=O)[O-])cccc3c2=O)cc1. The number of non-ortho nitro benzene ring substituents is 1. The van der Waals surface area contributed by atoms with E-state index in [0.29, 0.717) is 11.4 Å². The number of methoxy groups -OCH3 is 1. The molecule has 0 bridgehead atoms. The summed E-state index contributed by atoms with van der Waals surface area (Å²) >= 11 is 0. The van der Waals surface area contributed by atoms with Crippen molar-refractivity contribution >= 4 is 16.6 Å². The Balaban J connectivity index is 2.33. The van der Waals surface area contributed by atoms with E-state index in [4.69, 9.17) is 4.74 Å². The van der Waals surface area contributed by atoms with Gasteiger partial charge in [0.05, 0.1) is 23.1 Å². The number of nitrogens with zero attached hydrogens (tertiary/aromatic N) is 2. The second-order valence-electron chi connectivity index (χ2n) is 4.73. The summed E-state index contributed by atoms with van der Waals surface area (Å²) in [4.78, 5) is 37.6. The van der Waals surface area contributed by atoms with E-state index in [-0.39, 0.29) is 16.6 Å². The number of benzene rings is 2. The lowest BCUT2D eigenvalue weighted by Crippen LogP contribution is -2.33. The van der Waals surface area contributed by atoms with E-state index in [1.165, 1.54) is 25.3 Å². The summed E-state index contributed by atoms with van der Waals surface area (Å²) in [6.45, 7) is 0. The summed E-state index contributed by atoms with van der Waals surface area (Å²) in [5.41, 5.74) is -1.44. The molecule has 0 aliphatic rings. The van der Waals surface area contributed by atoms with Gasteiger partial charge in [0, 0.05) is 6.07 Å². The highest BCUT2D eigenvalue weighted by atomic mass is 16.6. The minimum Gasteiger partial charge on any atom is -0.497 e. The highest BCUT2D eigenvalue weighted by Crippen LogP contribution is 2.20. The van der Waals surface area contributed by atoms with Crippen molar-refractivity contribution in [3.05, 3.63) is 73.4 Å². The van der Waals surface area contributed by atoms with Crippen molar-refractivity contribution in [2.24, 2.45) is 0 Å². The molecule has 1 N–H and O–H groups in total. The Morgan fingerprint density at radius 3 is 2.43 bits per heavy atom. The third-order valence-corrected chi connectivity index (χ3v) is 3.44. The molecule has 0 fully saturated rings. The third kappa shape index (κ3) is 2.35. The lowest BCUT2D eigenvalue weighted by atomic mass is 10.2. The molecule has 2 aromatic carbocycles. The Kier molecular flexibility index (Phi) is 3.41. The number of hydrogen-bond acceptors (Lipinski definition) is 5. The second-order valence-corrected chi connectivity index (χ2v) is 4.73. The Morgan fingerprint density at radius 2 is 1.83 bits per heavy atom. The van der Waals surface area contributed by atoms with Gasteiger partial charge in [-0.1, -0.05) is 6.07 Å². The maximum absolute atomic E-state index is 12.6. The molecule has 0 radical (unpaired) electrons. The van der Waals surface area contributed by atoms with Crippen molar-refractivity contribution in [3.8, 4) is 11.4 Å². The molecule has 0 atom stereocenters. The van der Waals surface area contributed by atoms with Gasteiger partial charge in [-0.25, -0.2) is 9.36 Å². The van der Waals surface area contributed by atoms with Crippen LogP contribution in [0.3, 0.4) is 0 Å². The number of para-hydroxylation sites is 1.